The fourth-order valence-electron chi connectivity index (χ4n) is 2.53. The molecule has 1 aliphatic rings. The summed E-state index contributed by atoms with van der Waals surface area (Å²) in [5.41, 5.74) is 0.732. The predicted octanol–water partition coefficient (Wildman–Crippen LogP) is -0.552. The van der Waals surface area contributed by atoms with Crippen molar-refractivity contribution in [2.45, 2.75) is 25.7 Å². The second kappa shape index (κ2) is 7.05. The van der Waals surface area contributed by atoms with Crippen molar-refractivity contribution in [1.82, 2.24) is 0 Å². The molecule has 5 nitrogen and oxygen atoms in total. The number of amides is 1. The smallest absolute Gasteiger partial charge is 0.279 e. The summed E-state index contributed by atoms with van der Waals surface area (Å²) in [7, 11) is 0. The van der Waals surface area contributed by atoms with Gasteiger partial charge in [0.2, 0.25) is 0 Å². The number of carboxylic acids is 1. The molecule has 1 amide bonds. The maximum absolute atomic E-state index is 12.0. The maximum Gasteiger partial charge on any atom is 0.279 e. The molecular formula is C15H20N2O3. The molecule has 0 aliphatic carbocycles. The number of aromatic carboxylic acids is 1. The minimum absolute atomic E-state index is 0.0249. The molecule has 0 bridgehead atoms. The van der Waals surface area contributed by atoms with Crippen molar-refractivity contribution in [2.24, 2.45) is 0 Å². The SMILES string of the molecule is O=C(C[NH+]1CCCCCC1)Nc1ccc(C(=O)[O-])cc1. The summed E-state index contributed by atoms with van der Waals surface area (Å²) in [5, 5.41) is 13.4. The summed E-state index contributed by atoms with van der Waals surface area (Å²) in [6.45, 7) is 2.58. The van der Waals surface area contributed by atoms with Gasteiger partial charge in [0.1, 0.15) is 0 Å². The van der Waals surface area contributed by atoms with Crippen molar-refractivity contribution >= 4 is 17.6 Å². The van der Waals surface area contributed by atoms with Crippen molar-refractivity contribution in [2.75, 3.05) is 25.0 Å². The van der Waals surface area contributed by atoms with Crippen LogP contribution in [0.2, 0.25) is 0 Å². The lowest BCUT2D eigenvalue weighted by molar-refractivity contribution is -0.890. The third kappa shape index (κ3) is 4.35. The number of anilines is 1. The first-order valence-corrected chi connectivity index (χ1v) is 7.10. The Hall–Kier alpha value is -1.88. The summed E-state index contributed by atoms with van der Waals surface area (Å²) in [5.74, 6) is -1.24. The number of carbonyl (C=O) groups is 2. The number of carboxylic acid groups (broad SMARTS) is 1. The Labute approximate surface area is 118 Å². The first-order chi connectivity index (χ1) is 9.65. The van der Waals surface area contributed by atoms with Crippen molar-refractivity contribution in [3.63, 3.8) is 0 Å². The first kappa shape index (κ1) is 14.5. The number of carbonyl (C=O) groups excluding carboxylic acids is 2. The quantitative estimate of drug-likeness (QED) is 0.775. The van der Waals surface area contributed by atoms with E-state index in [1.165, 1.54) is 42.7 Å². The van der Waals surface area contributed by atoms with Gasteiger partial charge in [-0.05, 0) is 43.4 Å². The van der Waals surface area contributed by atoms with Crippen molar-refractivity contribution in [3.05, 3.63) is 29.8 Å². The van der Waals surface area contributed by atoms with Gasteiger partial charge in [-0.15, -0.1) is 0 Å². The van der Waals surface area contributed by atoms with E-state index in [2.05, 4.69) is 5.32 Å². The average molecular weight is 276 g/mol. The molecule has 1 aromatic carbocycles. The van der Waals surface area contributed by atoms with Crippen LogP contribution >= 0.6 is 0 Å². The number of quaternary nitrogens is 1. The maximum atomic E-state index is 12.0. The van der Waals surface area contributed by atoms with Crippen molar-refractivity contribution in [1.29, 1.82) is 0 Å². The molecule has 20 heavy (non-hydrogen) atoms. The van der Waals surface area contributed by atoms with Crippen LogP contribution < -0.4 is 15.3 Å². The van der Waals surface area contributed by atoms with Crippen molar-refractivity contribution in [3.8, 4) is 0 Å². The Balaban J connectivity index is 1.85. The molecule has 0 aromatic heterocycles. The molecule has 2 rings (SSSR count). The van der Waals surface area contributed by atoms with Crippen LogP contribution in [0, 0.1) is 0 Å². The highest BCUT2D eigenvalue weighted by molar-refractivity contribution is 5.92. The molecule has 0 spiro atoms. The van der Waals surface area contributed by atoms with Crippen LogP contribution in [0.1, 0.15) is 36.0 Å². The number of likely N-dealkylation sites (tertiary alicyclic amines) is 1. The van der Waals surface area contributed by atoms with Crippen LogP contribution in [0.4, 0.5) is 5.69 Å². The van der Waals surface area contributed by atoms with E-state index in [0.717, 1.165) is 13.1 Å². The van der Waals surface area contributed by atoms with E-state index in [-0.39, 0.29) is 11.5 Å². The van der Waals surface area contributed by atoms with Gasteiger partial charge in [0.05, 0.1) is 19.1 Å². The lowest BCUT2D eigenvalue weighted by Gasteiger charge is -2.16. The van der Waals surface area contributed by atoms with Crippen LogP contribution in [0.5, 0.6) is 0 Å². The van der Waals surface area contributed by atoms with E-state index in [9.17, 15) is 14.7 Å². The second-order valence-corrected chi connectivity index (χ2v) is 5.25. The number of hydrogen-bond acceptors (Lipinski definition) is 3. The molecule has 1 fully saturated rings. The molecule has 0 atom stereocenters. The number of benzene rings is 1. The molecule has 1 heterocycles. The van der Waals surface area contributed by atoms with Crippen LogP contribution in [-0.2, 0) is 4.79 Å². The molecule has 108 valence electrons. The lowest BCUT2D eigenvalue weighted by Crippen LogP contribution is -3.12. The van der Waals surface area contributed by atoms with E-state index >= 15 is 0 Å². The Bertz CT molecular complexity index is 463. The summed E-state index contributed by atoms with van der Waals surface area (Å²) >= 11 is 0. The normalized spacial score (nSPS) is 16.4. The molecule has 0 unspecified atom stereocenters. The Morgan fingerprint density at radius 1 is 1.05 bits per heavy atom. The standard InChI is InChI=1S/C15H20N2O3/c18-14(11-17-9-3-1-2-4-10-17)16-13-7-5-12(6-8-13)15(19)20/h5-8H,1-4,9-11H2,(H,16,18)(H,19,20). The largest absolute Gasteiger partial charge is 0.545 e. The Morgan fingerprint density at radius 3 is 2.20 bits per heavy atom. The number of rotatable bonds is 4. The van der Waals surface area contributed by atoms with Crippen LogP contribution in [-0.4, -0.2) is 31.5 Å². The van der Waals surface area contributed by atoms with E-state index in [0.29, 0.717) is 12.2 Å². The number of hydrogen-bond donors (Lipinski definition) is 2. The van der Waals surface area contributed by atoms with E-state index in [1.54, 1.807) is 12.1 Å². The molecule has 1 aliphatic heterocycles. The van der Waals surface area contributed by atoms with Gasteiger partial charge in [-0.25, -0.2) is 0 Å². The van der Waals surface area contributed by atoms with Crippen LogP contribution in [0.3, 0.4) is 0 Å². The van der Waals surface area contributed by atoms with Gasteiger partial charge in [-0.2, -0.15) is 0 Å². The van der Waals surface area contributed by atoms with E-state index < -0.39 is 5.97 Å². The van der Waals surface area contributed by atoms with Crippen LogP contribution in [0.15, 0.2) is 24.3 Å². The summed E-state index contributed by atoms with van der Waals surface area (Å²) in [6.07, 6.45) is 4.89. The van der Waals surface area contributed by atoms with E-state index in [4.69, 9.17) is 0 Å². The predicted molar refractivity (Wildman–Crippen MR) is 73.4 cm³/mol. The molecule has 0 saturated carbocycles. The lowest BCUT2D eigenvalue weighted by atomic mass is 10.2. The van der Waals surface area contributed by atoms with Crippen LogP contribution in [0.25, 0.3) is 0 Å². The third-order valence-corrected chi connectivity index (χ3v) is 3.63. The van der Waals surface area contributed by atoms with Gasteiger partial charge in [0.15, 0.2) is 6.54 Å². The third-order valence-electron chi connectivity index (χ3n) is 3.63. The Morgan fingerprint density at radius 2 is 1.65 bits per heavy atom. The monoisotopic (exact) mass is 276 g/mol. The molecule has 1 saturated heterocycles. The Kier molecular flexibility index (Phi) is 5.12. The molecule has 5 heteroatoms. The molecule has 2 N–H and O–H groups in total. The first-order valence-electron chi connectivity index (χ1n) is 7.10. The minimum atomic E-state index is -1.21. The molecular weight excluding hydrogens is 256 g/mol. The summed E-state index contributed by atoms with van der Waals surface area (Å²) in [4.78, 5) is 23.9. The number of nitrogens with one attached hydrogen (secondary N) is 2. The second-order valence-electron chi connectivity index (χ2n) is 5.25. The highest BCUT2D eigenvalue weighted by Gasteiger charge is 2.16. The van der Waals surface area contributed by atoms with Gasteiger partial charge < -0.3 is 20.1 Å². The minimum Gasteiger partial charge on any atom is -0.545 e. The van der Waals surface area contributed by atoms with E-state index in [1.807, 2.05) is 0 Å². The van der Waals surface area contributed by atoms with Gasteiger partial charge in [-0.1, -0.05) is 12.1 Å². The summed E-state index contributed by atoms with van der Waals surface area (Å²) in [6, 6.07) is 6.04. The zero-order valence-corrected chi connectivity index (χ0v) is 11.5. The fourth-order valence-corrected chi connectivity index (χ4v) is 2.53. The highest BCUT2D eigenvalue weighted by Crippen LogP contribution is 2.08. The zero-order chi connectivity index (χ0) is 14.4. The zero-order valence-electron chi connectivity index (χ0n) is 11.5. The van der Waals surface area contributed by atoms with Gasteiger partial charge >= 0.3 is 0 Å². The van der Waals surface area contributed by atoms with Gasteiger partial charge in [0, 0.05) is 5.69 Å². The fraction of sp³-hybridized carbons (Fsp3) is 0.467. The van der Waals surface area contributed by atoms with Gasteiger partial charge in [-0.3, -0.25) is 4.79 Å². The molecule has 0 radical (unpaired) electrons. The topological polar surface area (TPSA) is 73.7 Å². The molecule has 1 aromatic rings. The highest BCUT2D eigenvalue weighted by atomic mass is 16.4. The van der Waals surface area contributed by atoms with Gasteiger partial charge in [0.25, 0.3) is 5.91 Å². The van der Waals surface area contributed by atoms with Crippen molar-refractivity contribution < 1.29 is 19.6 Å². The average Bonchev–Trinajstić information content (AvgIpc) is 2.68. The summed E-state index contributed by atoms with van der Waals surface area (Å²) < 4.78 is 0.